The zero-order valence-corrected chi connectivity index (χ0v) is 13.3. The van der Waals surface area contributed by atoms with Gasteiger partial charge in [0.15, 0.2) is 0 Å². The minimum absolute atomic E-state index is 0.343. The fourth-order valence-electron chi connectivity index (χ4n) is 1.81. The highest BCUT2D eigenvalue weighted by atomic mass is 32.2. The maximum Gasteiger partial charge on any atom is 0.336 e. The number of nitrogens with zero attached hydrogens (tertiary/aromatic N) is 1. The van der Waals surface area contributed by atoms with Crippen molar-refractivity contribution in [1.82, 2.24) is 4.98 Å². The van der Waals surface area contributed by atoms with E-state index in [1.54, 1.807) is 34.8 Å². The summed E-state index contributed by atoms with van der Waals surface area (Å²) in [4.78, 5) is 16.5. The molecule has 0 amide bonds. The monoisotopic (exact) mass is 333 g/mol. The van der Waals surface area contributed by atoms with E-state index in [2.05, 4.69) is 16.4 Å². The van der Waals surface area contributed by atoms with Crippen molar-refractivity contribution >= 4 is 40.4 Å². The Labute approximate surface area is 134 Å². The van der Waals surface area contributed by atoms with Crippen molar-refractivity contribution in [3.05, 3.63) is 57.7 Å². The van der Waals surface area contributed by atoms with E-state index in [9.17, 15) is 4.79 Å². The van der Waals surface area contributed by atoms with E-state index in [1.807, 2.05) is 22.9 Å². The zero-order chi connectivity index (χ0) is 14.7. The van der Waals surface area contributed by atoms with Crippen LogP contribution in [0.1, 0.15) is 16.1 Å². The number of rotatable bonds is 5. The molecule has 2 aromatic heterocycles. The first-order valence-corrected chi connectivity index (χ1v) is 8.97. The molecule has 1 aromatic carbocycles. The van der Waals surface area contributed by atoms with E-state index in [0.29, 0.717) is 11.3 Å². The van der Waals surface area contributed by atoms with Crippen molar-refractivity contribution in [2.75, 3.05) is 0 Å². The van der Waals surface area contributed by atoms with Gasteiger partial charge in [0.05, 0.1) is 11.3 Å². The van der Waals surface area contributed by atoms with Crippen molar-refractivity contribution in [3.63, 3.8) is 0 Å². The molecule has 0 unspecified atom stereocenters. The lowest BCUT2D eigenvalue weighted by Gasteiger charge is -2.03. The molecule has 0 aliphatic rings. The maximum absolute atomic E-state index is 11.2. The molecular weight excluding hydrogens is 322 g/mol. The minimum Gasteiger partial charge on any atom is -0.478 e. The summed E-state index contributed by atoms with van der Waals surface area (Å²) in [5, 5.41) is 16.3. The Morgan fingerprint density at radius 3 is 2.86 bits per heavy atom. The standard InChI is InChI=1S/C15H11NO2S3/c17-15(18)12-3-1-2-4-13(12)20-8-11-9-21-14(16-11)10-5-6-19-7-10/h1-7,9H,8H2,(H,17,18). The number of hydrogen-bond acceptors (Lipinski definition) is 5. The average Bonchev–Trinajstić information content (AvgIpc) is 3.16. The SMILES string of the molecule is O=C(O)c1ccccc1SCc1csc(-c2ccsc2)n1. The summed E-state index contributed by atoms with van der Waals surface area (Å²) < 4.78 is 0. The predicted octanol–water partition coefficient (Wildman–Crippen LogP) is 4.86. The van der Waals surface area contributed by atoms with Gasteiger partial charge in [0.2, 0.25) is 0 Å². The van der Waals surface area contributed by atoms with Gasteiger partial charge in [0, 0.05) is 27.0 Å². The van der Waals surface area contributed by atoms with Crippen LogP contribution in [-0.2, 0) is 5.75 Å². The lowest BCUT2D eigenvalue weighted by Crippen LogP contribution is -1.98. The van der Waals surface area contributed by atoms with E-state index in [1.165, 1.54) is 11.8 Å². The van der Waals surface area contributed by atoms with Crippen molar-refractivity contribution < 1.29 is 9.90 Å². The second kappa shape index (κ2) is 6.43. The van der Waals surface area contributed by atoms with Crippen LogP contribution in [0, 0.1) is 0 Å². The molecule has 106 valence electrons. The Kier molecular flexibility index (Phi) is 4.38. The van der Waals surface area contributed by atoms with Crippen LogP contribution < -0.4 is 0 Å². The molecule has 0 saturated carbocycles. The van der Waals surface area contributed by atoms with Crippen LogP contribution in [0.3, 0.4) is 0 Å². The summed E-state index contributed by atoms with van der Waals surface area (Å²) in [6.07, 6.45) is 0. The van der Waals surface area contributed by atoms with Gasteiger partial charge in [-0.2, -0.15) is 11.3 Å². The van der Waals surface area contributed by atoms with E-state index in [0.717, 1.165) is 21.2 Å². The third-order valence-corrected chi connectivity index (χ3v) is 5.54. The molecule has 0 saturated heterocycles. The second-order valence-electron chi connectivity index (χ2n) is 4.25. The van der Waals surface area contributed by atoms with Gasteiger partial charge in [-0.3, -0.25) is 0 Å². The summed E-state index contributed by atoms with van der Waals surface area (Å²) in [5.74, 6) is -0.222. The van der Waals surface area contributed by atoms with E-state index < -0.39 is 5.97 Å². The molecule has 0 aliphatic carbocycles. The van der Waals surface area contributed by atoms with Gasteiger partial charge >= 0.3 is 5.97 Å². The topological polar surface area (TPSA) is 50.2 Å². The highest BCUT2D eigenvalue weighted by Gasteiger charge is 2.11. The molecule has 0 spiro atoms. The molecule has 0 aliphatic heterocycles. The number of carbonyl (C=O) groups is 1. The molecule has 0 atom stereocenters. The van der Waals surface area contributed by atoms with Crippen LogP contribution >= 0.6 is 34.4 Å². The van der Waals surface area contributed by atoms with E-state index in [4.69, 9.17) is 5.11 Å². The number of benzene rings is 1. The lowest BCUT2D eigenvalue weighted by molar-refractivity contribution is 0.0693. The van der Waals surface area contributed by atoms with Gasteiger partial charge < -0.3 is 5.11 Å². The normalized spacial score (nSPS) is 10.7. The molecule has 3 nitrogen and oxygen atoms in total. The Bertz CT molecular complexity index is 750. The van der Waals surface area contributed by atoms with Gasteiger partial charge in [-0.05, 0) is 23.6 Å². The van der Waals surface area contributed by atoms with Gasteiger partial charge in [0.25, 0.3) is 0 Å². The van der Waals surface area contributed by atoms with Crippen molar-refractivity contribution in [1.29, 1.82) is 0 Å². The predicted molar refractivity (Wildman–Crippen MR) is 88.4 cm³/mol. The van der Waals surface area contributed by atoms with Crippen molar-refractivity contribution in [2.24, 2.45) is 0 Å². The minimum atomic E-state index is -0.893. The van der Waals surface area contributed by atoms with Gasteiger partial charge in [-0.1, -0.05) is 12.1 Å². The summed E-state index contributed by atoms with van der Waals surface area (Å²) >= 11 is 4.78. The third kappa shape index (κ3) is 3.34. The molecular formula is C15H11NO2S3. The summed E-state index contributed by atoms with van der Waals surface area (Å²) in [6, 6.07) is 9.11. The molecule has 0 fully saturated rings. The maximum atomic E-state index is 11.2. The van der Waals surface area contributed by atoms with Crippen LogP contribution in [0.2, 0.25) is 0 Å². The Morgan fingerprint density at radius 1 is 1.24 bits per heavy atom. The Hall–Kier alpha value is -1.63. The summed E-state index contributed by atoms with van der Waals surface area (Å²) in [6.45, 7) is 0. The van der Waals surface area contributed by atoms with Crippen LogP contribution in [-0.4, -0.2) is 16.1 Å². The van der Waals surface area contributed by atoms with Crippen molar-refractivity contribution in [3.8, 4) is 10.6 Å². The third-order valence-electron chi connectivity index (χ3n) is 2.81. The molecule has 2 heterocycles. The van der Waals surface area contributed by atoms with Crippen LogP contribution in [0.5, 0.6) is 0 Å². The van der Waals surface area contributed by atoms with Gasteiger partial charge in [-0.25, -0.2) is 9.78 Å². The zero-order valence-electron chi connectivity index (χ0n) is 10.9. The first-order valence-electron chi connectivity index (χ1n) is 6.16. The van der Waals surface area contributed by atoms with E-state index in [-0.39, 0.29) is 0 Å². The number of thioether (sulfide) groups is 1. The highest BCUT2D eigenvalue weighted by Crippen LogP contribution is 2.30. The molecule has 21 heavy (non-hydrogen) atoms. The number of carboxylic acids is 1. The first kappa shape index (κ1) is 14.3. The molecule has 1 N–H and O–H groups in total. The number of thiazole rings is 1. The fourth-order valence-corrected chi connectivity index (χ4v) is 4.39. The van der Waals surface area contributed by atoms with E-state index >= 15 is 0 Å². The smallest absolute Gasteiger partial charge is 0.336 e. The summed E-state index contributed by atoms with van der Waals surface area (Å²) in [7, 11) is 0. The van der Waals surface area contributed by atoms with Crippen LogP contribution in [0.4, 0.5) is 0 Å². The molecule has 0 radical (unpaired) electrons. The number of hydrogen-bond donors (Lipinski definition) is 1. The molecule has 3 rings (SSSR count). The van der Waals surface area contributed by atoms with Crippen LogP contribution in [0.15, 0.2) is 51.4 Å². The first-order chi connectivity index (χ1) is 10.2. The quantitative estimate of drug-likeness (QED) is 0.677. The summed E-state index contributed by atoms with van der Waals surface area (Å²) in [5.41, 5.74) is 2.47. The Morgan fingerprint density at radius 2 is 2.10 bits per heavy atom. The Balaban J connectivity index is 1.73. The number of carboxylic acid groups (broad SMARTS) is 1. The molecule has 6 heteroatoms. The van der Waals surface area contributed by atoms with Gasteiger partial charge in [-0.15, -0.1) is 23.1 Å². The lowest BCUT2D eigenvalue weighted by atomic mass is 10.2. The largest absolute Gasteiger partial charge is 0.478 e. The molecule has 0 bridgehead atoms. The van der Waals surface area contributed by atoms with Gasteiger partial charge in [0.1, 0.15) is 5.01 Å². The number of thiophene rings is 1. The number of aromatic nitrogens is 1. The average molecular weight is 333 g/mol. The highest BCUT2D eigenvalue weighted by molar-refractivity contribution is 7.98. The number of aromatic carboxylic acids is 1. The molecule has 3 aromatic rings. The van der Waals surface area contributed by atoms with Crippen LogP contribution in [0.25, 0.3) is 10.6 Å². The fraction of sp³-hybridized carbons (Fsp3) is 0.0667. The van der Waals surface area contributed by atoms with Crippen molar-refractivity contribution in [2.45, 2.75) is 10.6 Å². The second-order valence-corrected chi connectivity index (χ2v) is 6.90.